The average Bonchev–Trinajstić information content (AvgIpc) is 2.96. The van der Waals surface area contributed by atoms with E-state index in [4.69, 9.17) is 4.74 Å². The highest BCUT2D eigenvalue weighted by atomic mass is 16.5. The first kappa shape index (κ1) is 18.0. The van der Waals surface area contributed by atoms with Crippen LogP contribution >= 0.6 is 0 Å². The fourth-order valence-corrected chi connectivity index (χ4v) is 3.10. The Balaban J connectivity index is 1.98. The highest BCUT2D eigenvalue weighted by molar-refractivity contribution is 6.11. The second kappa shape index (κ2) is 7.58. The molecule has 0 aliphatic heterocycles. The van der Waals surface area contributed by atoms with E-state index in [0.717, 1.165) is 34.8 Å². The van der Waals surface area contributed by atoms with Crippen LogP contribution in [0.3, 0.4) is 0 Å². The molecule has 0 saturated carbocycles. The lowest BCUT2D eigenvalue weighted by Crippen LogP contribution is -2.13. The van der Waals surface area contributed by atoms with Gasteiger partial charge in [-0.3, -0.25) is 0 Å². The molecule has 0 radical (unpaired) electrons. The summed E-state index contributed by atoms with van der Waals surface area (Å²) in [7, 11) is 4.02. The Hall–Kier alpha value is -2.85. The molecule has 1 aromatic heterocycles. The monoisotopic (exact) mass is 348 g/mol. The average molecular weight is 348 g/mol. The standard InChI is InChI=1S/C22H24N2O2/c1-5-24-19-13-7-6-11-17(19)18-12-8-14-20(21(18)24)26-22(25)16(2)10-9-15-23(3)4/h5-8,10-14H,1,9,15H2,2-4H3. The normalized spacial score (nSPS) is 12.1. The van der Waals surface area contributed by atoms with E-state index in [9.17, 15) is 4.79 Å². The summed E-state index contributed by atoms with van der Waals surface area (Å²) >= 11 is 0. The van der Waals surface area contributed by atoms with Crippen LogP contribution in [0.2, 0.25) is 0 Å². The van der Waals surface area contributed by atoms with Gasteiger partial charge in [0, 0.05) is 29.1 Å². The molecule has 0 amide bonds. The summed E-state index contributed by atoms with van der Waals surface area (Å²) in [6.45, 7) is 6.61. The molecule has 4 nitrogen and oxygen atoms in total. The first-order valence-electron chi connectivity index (χ1n) is 8.70. The Morgan fingerprint density at radius 1 is 1.15 bits per heavy atom. The molecule has 0 aliphatic carbocycles. The third kappa shape index (κ3) is 3.41. The van der Waals surface area contributed by atoms with Gasteiger partial charge in [0.1, 0.15) is 0 Å². The van der Waals surface area contributed by atoms with Gasteiger partial charge in [0.2, 0.25) is 0 Å². The Morgan fingerprint density at radius 2 is 1.88 bits per heavy atom. The Morgan fingerprint density at radius 3 is 2.62 bits per heavy atom. The summed E-state index contributed by atoms with van der Waals surface area (Å²) in [6, 6.07) is 13.9. The van der Waals surface area contributed by atoms with E-state index in [0.29, 0.717) is 11.3 Å². The zero-order valence-corrected chi connectivity index (χ0v) is 15.5. The Labute approximate surface area is 154 Å². The molecule has 2 aromatic carbocycles. The zero-order valence-electron chi connectivity index (χ0n) is 15.5. The quantitative estimate of drug-likeness (QED) is 0.368. The number of esters is 1. The summed E-state index contributed by atoms with van der Waals surface area (Å²) in [6.07, 6.45) is 4.48. The molecule has 3 rings (SSSR count). The number of benzene rings is 2. The number of para-hydroxylation sites is 2. The minimum Gasteiger partial charge on any atom is -0.421 e. The number of nitrogens with zero attached hydrogens (tertiary/aromatic N) is 2. The van der Waals surface area contributed by atoms with E-state index in [1.165, 1.54) is 0 Å². The number of hydrogen-bond donors (Lipinski definition) is 0. The molecule has 3 aromatic rings. The number of ether oxygens (including phenoxy) is 1. The van der Waals surface area contributed by atoms with Crippen molar-refractivity contribution in [2.24, 2.45) is 0 Å². The van der Waals surface area contributed by atoms with Crippen molar-refractivity contribution < 1.29 is 9.53 Å². The number of carbonyl (C=O) groups is 1. The van der Waals surface area contributed by atoms with Gasteiger partial charge >= 0.3 is 5.97 Å². The molecule has 0 atom stereocenters. The van der Waals surface area contributed by atoms with Gasteiger partial charge in [0.05, 0.1) is 11.0 Å². The van der Waals surface area contributed by atoms with Crippen LogP contribution < -0.4 is 4.74 Å². The van der Waals surface area contributed by atoms with Crippen LogP contribution in [0, 0.1) is 0 Å². The molecule has 0 N–H and O–H groups in total. The third-order valence-electron chi connectivity index (χ3n) is 4.43. The van der Waals surface area contributed by atoms with Gasteiger partial charge < -0.3 is 14.2 Å². The van der Waals surface area contributed by atoms with Crippen molar-refractivity contribution in [3.8, 4) is 5.75 Å². The number of rotatable bonds is 6. The van der Waals surface area contributed by atoms with E-state index in [2.05, 4.69) is 17.5 Å². The minimum atomic E-state index is -0.322. The van der Waals surface area contributed by atoms with Gasteiger partial charge in [-0.25, -0.2) is 4.79 Å². The summed E-state index contributed by atoms with van der Waals surface area (Å²) in [5.41, 5.74) is 2.52. The summed E-state index contributed by atoms with van der Waals surface area (Å²) < 4.78 is 7.70. The van der Waals surface area contributed by atoms with Crippen molar-refractivity contribution in [2.75, 3.05) is 20.6 Å². The third-order valence-corrected chi connectivity index (χ3v) is 4.43. The van der Waals surface area contributed by atoms with Gasteiger partial charge in [-0.1, -0.05) is 43.0 Å². The molecule has 0 spiro atoms. The Kier molecular flexibility index (Phi) is 5.24. The number of hydrogen-bond acceptors (Lipinski definition) is 3. The van der Waals surface area contributed by atoms with Gasteiger partial charge in [-0.05, 0) is 39.6 Å². The maximum absolute atomic E-state index is 12.5. The molecular weight excluding hydrogens is 324 g/mol. The van der Waals surface area contributed by atoms with Crippen LogP contribution in [0.5, 0.6) is 5.75 Å². The summed E-state index contributed by atoms with van der Waals surface area (Å²) in [5, 5.41) is 2.15. The highest BCUT2D eigenvalue weighted by Crippen LogP contribution is 2.35. The molecule has 26 heavy (non-hydrogen) atoms. The first-order valence-corrected chi connectivity index (χ1v) is 8.70. The minimum absolute atomic E-state index is 0.322. The van der Waals surface area contributed by atoms with Crippen LogP contribution in [0.25, 0.3) is 28.0 Å². The topological polar surface area (TPSA) is 34.5 Å². The van der Waals surface area contributed by atoms with Gasteiger partial charge in [-0.2, -0.15) is 0 Å². The second-order valence-corrected chi connectivity index (χ2v) is 6.59. The largest absolute Gasteiger partial charge is 0.421 e. The van der Waals surface area contributed by atoms with E-state index < -0.39 is 0 Å². The molecule has 0 saturated heterocycles. The van der Waals surface area contributed by atoms with Crippen molar-refractivity contribution in [3.63, 3.8) is 0 Å². The highest BCUT2D eigenvalue weighted by Gasteiger charge is 2.16. The van der Waals surface area contributed by atoms with E-state index in [1.807, 2.05) is 61.1 Å². The zero-order chi connectivity index (χ0) is 18.7. The molecule has 1 heterocycles. The molecule has 134 valence electrons. The van der Waals surface area contributed by atoms with E-state index in [-0.39, 0.29) is 5.97 Å². The van der Waals surface area contributed by atoms with Crippen molar-refractivity contribution in [3.05, 3.63) is 60.7 Å². The maximum Gasteiger partial charge on any atom is 0.338 e. The molecular formula is C22H24N2O2. The maximum atomic E-state index is 12.5. The molecule has 4 heteroatoms. The number of aromatic nitrogens is 1. The predicted molar refractivity (Wildman–Crippen MR) is 108 cm³/mol. The van der Waals surface area contributed by atoms with Crippen molar-refractivity contribution in [1.82, 2.24) is 9.47 Å². The summed E-state index contributed by atoms with van der Waals surface area (Å²) in [4.78, 5) is 14.6. The van der Waals surface area contributed by atoms with Crippen LogP contribution in [0.1, 0.15) is 13.3 Å². The molecule has 0 fully saturated rings. The van der Waals surface area contributed by atoms with Crippen LogP contribution in [-0.2, 0) is 4.79 Å². The smallest absolute Gasteiger partial charge is 0.338 e. The van der Waals surface area contributed by atoms with Crippen molar-refractivity contribution >= 4 is 34.0 Å². The lowest BCUT2D eigenvalue weighted by molar-refractivity contribution is -0.130. The fraction of sp³-hybridized carbons (Fsp3) is 0.227. The van der Waals surface area contributed by atoms with Gasteiger partial charge in [-0.15, -0.1) is 0 Å². The first-order chi connectivity index (χ1) is 12.5. The lowest BCUT2D eigenvalue weighted by Gasteiger charge is -2.09. The van der Waals surface area contributed by atoms with Crippen LogP contribution in [-0.4, -0.2) is 36.1 Å². The van der Waals surface area contributed by atoms with Gasteiger partial charge in [0.25, 0.3) is 0 Å². The Bertz CT molecular complexity index is 996. The lowest BCUT2D eigenvalue weighted by atomic mass is 10.1. The van der Waals surface area contributed by atoms with Crippen molar-refractivity contribution in [2.45, 2.75) is 13.3 Å². The second-order valence-electron chi connectivity index (χ2n) is 6.59. The van der Waals surface area contributed by atoms with Crippen molar-refractivity contribution in [1.29, 1.82) is 0 Å². The van der Waals surface area contributed by atoms with E-state index in [1.54, 1.807) is 13.1 Å². The van der Waals surface area contributed by atoms with Gasteiger partial charge in [0.15, 0.2) is 5.75 Å². The summed E-state index contributed by atoms with van der Waals surface area (Å²) in [5.74, 6) is 0.223. The molecule has 0 unspecified atom stereocenters. The predicted octanol–water partition coefficient (Wildman–Crippen LogP) is 4.70. The number of carbonyl (C=O) groups excluding carboxylic acids is 1. The van der Waals surface area contributed by atoms with Crippen LogP contribution in [0.4, 0.5) is 0 Å². The molecule has 0 bridgehead atoms. The SMILES string of the molecule is C=Cn1c2ccccc2c2cccc(OC(=O)C(C)=CCCN(C)C)c21. The number of fused-ring (bicyclic) bond motifs is 3. The van der Waals surface area contributed by atoms with E-state index >= 15 is 0 Å². The fourth-order valence-electron chi connectivity index (χ4n) is 3.10. The molecule has 0 aliphatic rings. The van der Waals surface area contributed by atoms with Crippen LogP contribution in [0.15, 0.2) is 60.7 Å².